The number of hydrogen-bond donors (Lipinski definition) is 2. The molecule has 160 valence electrons. The standard InChI is InChI=1S/C24H26N4O3/c1-16-4-3-5-18(12-16)14-25-24(30)23-20-15-28(11-10-21(20)26-27-23)22(29)13-17-6-8-19(31-2)9-7-17/h3-9,12H,10-11,13-15H2,1-2H3,(H,25,30)(H,26,27). The SMILES string of the molecule is COc1ccc(CC(=O)N2CCc3[nH]nc(C(=O)NCc4cccc(C)c4)c3C2)cc1. The number of ether oxygens (including phenoxy) is 1. The Labute approximate surface area is 181 Å². The molecule has 1 aromatic heterocycles. The summed E-state index contributed by atoms with van der Waals surface area (Å²) in [6.45, 7) is 3.44. The number of carbonyl (C=O) groups is 2. The Morgan fingerprint density at radius 1 is 1.16 bits per heavy atom. The smallest absolute Gasteiger partial charge is 0.272 e. The van der Waals surface area contributed by atoms with Crippen molar-refractivity contribution in [2.75, 3.05) is 13.7 Å². The number of aromatic amines is 1. The summed E-state index contributed by atoms with van der Waals surface area (Å²) in [6.07, 6.45) is 0.966. The summed E-state index contributed by atoms with van der Waals surface area (Å²) >= 11 is 0. The summed E-state index contributed by atoms with van der Waals surface area (Å²) < 4.78 is 5.17. The zero-order chi connectivity index (χ0) is 21.8. The summed E-state index contributed by atoms with van der Waals surface area (Å²) in [4.78, 5) is 27.4. The highest BCUT2D eigenvalue weighted by Crippen LogP contribution is 2.22. The van der Waals surface area contributed by atoms with Crippen LogP contribution in [0.25, 0.3) is 0 Å². The van der Waals surface area contributed by atoms with E-state index in [0.29, 0.717) is 38.2 Å². The van der Waals surface area contributed by atoms with Crippen LogP contribution in [0.1, 0.15) is 38.4 Å². The number of amides is 2. The zero-order valence-corrected chi connectivity index (χ0v) is 17.8. The van der Waals surface area contributed by atoms with E-state index in [9.17, 15) is 9.59 Å². The number of hydrogen-bond acceptors (Lipinski definition) is 4. The van der Waals surface area contributed by atoms with Gasteiger partial charge in [0.1, 0.15) is 5.75 Å². The number of fused-ring (bicyclic) bond motifs is 1. The van der Waals surface area contributed by atoms with Crippen molar-refractivity contribution < 1.29 is 14.3 Å². The van der Waals surface area contributed by atoms with Gasteiger partial charge >= 0.3 is 0 Å². The normalized spacial score (nSPS) is 12.9. The fourth-order valence-corrected chi connectivity index (χ4v) is 3.81. The fourth-order valence-electron chi connectivity index (χ4n) is 3.81. The molecule has 0 radical (unpaired) electrons. The van der Waals surface area contributed by atoms with E-state index in [-0.39, 0.29) is 11.8 Å². The Morgan fingerprint density at radius 3 is 2.71 bits per heavy atom. The number of benzene rings is 2. The topological polar surface area (TPSA) is 87.3 Å². The molecule has 2 aromatic carbocycles. The van der Waals surface area contributed by atoms with Gasteiger partial charge in [-0.15, -0.1) is 0 Å². The first-order chi connectivity index (χ1) is 15.0. The van der Waals surface area contributed by atoms with Crippen LogP contribution >= 0.6 is 0 Å². The molecular weight excluding hydrogens is 392 g/mol. The average Bonchev–Trinajstić information content (AvgIpc) is 3.21. The Bertz CT molecular complexity index is 1090. The molecular formula is C24H26N4O3. The van der Waals surface area contributed by atoms with E-state index < -0.39 is 0 Å². The third-order valence-corrected chi connectivity index (χ3v) is 5.55. The highest BCUT2D eigenvalue weighted by molar-refractivity contribution is 5.94. The summed E-state index contributed by atoms with van der Waals surface area (Å²) in [6, 6.07) is 15.5. The van der Waals surface area contributed by atoms with Gasteiger partial charge in [0.25, 0.3) is 5.91 Å². The van der Waals surface area contributed by atoms with E-state index in [1.54, 1.807) is 12.0 Å². The van der Waals surface area contributed by atoms with E-state index in [2.05, 4.69) is 15.5 Å². The molecule has 4 rings (SSSR count). The summed E-state index contributed by atoms with van der Waals surface area (Å²) in [5.74, 6) is 0.560. The molecule has 0 bridgehead atoms. The lowest BCUT2D eigenvalue weighted by molar-refractivity contribution is -0.131. The van der Waals surface area contributed by atoms with Crippen LogP contribution in [0.3, 0.4) is 0 Å². The summed E-state index contributed by atoms with van der Waals surface area (Å²) in [5.41, 5.74) is 5.21. The zero-order valence-electron chi connectivity index (χ0n) is 17.8. The van der Waals surface area contributed by atoms with E-state index in [1.807, 2.05) is 55.5 Å². The number of aryl methyl sites for hydroxylation is 1. The lowest BCUT2D eigenvalue weighted by Crippen LogP contribution is -2.37. The first-order valence-electron chi connectivity index (χ1n) is 10.3. The Balaban J connectivity index is 1.40. The quantitative estimate of drug-likeness (QED) is 0.644. The molecule has 0 fully saturated rings. The van der Waals surface area contributed by atoms with Crippen molar-refractivity contribution in [1.29, 1.82) is 0 Å². The Morgan fingerprint density at radius 2 is 1.97 bits per heavy atom. The average molecular weight is 418 g/mol. The van der Waals surface area contributed by atoms with Crippen LogP contribution in [0.15, 0.2) is 48.5 Å². The van der Waals surface area contributed by atoms with E-state index in [0.717, 1.165) is 33.7 Å². The fraction of sp³-hybridized carbons (Fsp3) is 0.292. The van der Waals surface area contributed by atoms with E-state index >= 15 is 0 Å². The van der Waals surface area contributed by atoms with Gasteiger partial charge in [-0.3, -0.25) is 14.7 Å². The van der Waals surface area contributed by atoms with Gasteiger partial charge < -0.3 is 15.0 Å². The van der Waals surface area contributed by atoms with Crippen LogP contribution in [0.5, 0.6) is 5.75 Å². The van der Waals surface area contributed by atoms with Crippen molar-refractivity contribution in [3.8, 4) is 5.75 Å². The second-order valence-electron chi connectivity index (χ2n) is 7.79. The highest BCUT2D eigenvalue weighted by Gasteiger charge is 2.27. The lowest BCUT2D eigenvalue weighted by Gasteiger charge is -2.27. The van der Waals surface area contributed by atoms with E-state index in [1.165, 1.54) is 0 Å². The molecule has 31 heavy (non-hydrogen) atoms. The molecule has 1 aliphatic heterocycles. The predicted octanol–water partition coefficient (Wildman–Crippen LogP) is 2.78. The molecule has 0 atom stereocenters. The number of carbonyl (C=O) groups excluding carboxylic acids is 2. The molecule has 3 aromatic rings. The molecule has 0 spiro atoms. The highest BCUT2D eigenvalue weighted by atomic mass is 16.5. The van der Waals surface area contributed by atoms with Crippen LogP contribution in [-0.2, 0) is 30.7 Å². The number of rotatable bonds is 6. The number of nitrogens with one attached hydrogen (secondary N) is 2. The van der Waals surface area contributed by atoms with Gasteiger partial charge in [-0.2, -0.15) is 5.10 Å². The molecule has 0 saturated carbocycles. The number of methoxy groups -OCH3 is 1. The van der Waals surface area contributed by atoms with Crippen molar-refractivity contribution in [2.24, 2.45) is 0 Å². The van der Waals surface area contributed by atoms with Gasteiger partial charge in [-0.1, -0.05) is 42.0 Å². The molecule has 0 saturated heterocycles. The minimum absolute atomic E-state index is 0.0307. The van der Waals surface area contributed by atoms with Crippen molar-refractivity contribution in [3.05, 3.63) is 82.2 Å². The second-order valence-corrected chi connectivity index (χ2v) is 7.79. The molecule has 2 N–H and O–H groups in total. The van der Waals surface area contributed by atoms with Crippen LogP contribution < -0.4 is 10.1 Å². The number of nitrogens with zero attached hydrogens (tertiary/aromatic N) is 2. The Hall–Kier alpha value is -3.61. The maximum absolute atomic E-state index is 12.8. The molecule has 7 nitrogen and oxygen atoms in total. The third kappa shape index (κ3) is 4.77. The molecule has 2 amide bonds. The van der Waals surface area contributed by atoms with Crippen molar-refractivity contribution in [2.45, 2.75) is 32.9 Å². The van der Waals surface area contributed by atoms with Gasteiger partial charge in [0.2, 0.25) is 5.91 Å². The van der Waals surface area contributed by atoms with Gasteiger partial charge in [-0.05, 0) is 30.2 Å². The van der Waals surface area contributed by atoms with Gasteiger partial charge in [-0.25, -0.2) is 0 Å². The van der Waals surface area contributed by atoms with Crippen molar-refractivity contribution in [3.63, 3.8) is 0 Å². The monoisotopic (exact) mass is 418 g/mol. The molecule has 2 heterocycles. The summed E-state index contributed by atoms with van der Waals surface area (Å²) in [7, 11) is 1.62. The van der Waals surface area contributed by atoms with Crippen LogP contribution in [-0.4, -0.2) is 40.6 Å². The first kappa shape index (κ1) is 20.7. The minimum Gasteiger partial charge on any atom is -0.497 e. The van der Waals surface area contributed by atoms with Crippen LogP contribution in [0.4, 0.5) is 0 Å². The maximum atomic E-state index is 12.8. The van der Waals surface area contributed by atoms with Crippen LogP contribution in [0, 0.1) is 6.92 Å². The second kappa shape index (κ2) is 9.04. The lowest BCUT2D eigenvalue weighted by atomic mass is 10.0. The first-order valence-corrected chi connectivity index (χ1v) is 10.3. The van der Waals surface area contributed by atoms with Gasteiger partial charge in [0, 0.05) is 37.3 Å². The minimum atomic E-state index is -0.233. The van der Waals surface area contributed by atoms with Gasteiger partial charge in [0.15, 0.2) is 5.69 Å². The molecule has 0 unspecified atom stereocenters. The van der Waals surface area contributed by atoms with Crippen molar-refractivity contribution >= 4 is 11.8 Å². The molecule has 0 aliphatic carbocycles. The third-order valence-electron chi connectivity index (χ3n) is 5.55. The predicted molar refractivity (Wildman–Crippen MR) is 117 cm³/mol. The Kier molecular flexibility index (Phi) is 6.02. The van der Waals surface area contributed by atoms with Crippen molar-refractivity contribution in [1.82, 2.24) is 20.4 Å². The van der Waals surface area contributed by atoms with E-state index in [4.69, 9.17) is 4.74 Å². The number of H-pyrrole nitrogens is 1. The largest absolute Gasteiger partial charge is 0.497 e. The van der Waals surface area contributed by atoms with Crippen LogP contribution in [0.2, 0.25) is 0 Å². The molecule has 7 heteroatoms. The summed E-state index contributed by atoms with van der Waals surface area (Å²) in [5, 5.41) is 10.1. The maximum Gasteiger partial charge on any atom is 0.272 e. The number of aromatic nitrogens is 2. The van der Waals surface area contributed by atoms with Gasteiger partial charge in [0.05, 0.1) is 13.5 Å². The molecule has 1 aliphatic rings.